The van der Waals surface area contributed by atoms with Gasteiger partial charge in [-0.25, -0.2) is 0 Å². The van der Waals surface area contributed by atoms with E-state index in [1.165, 1.54) is 12.8 Å². The van der Waals surface area contributed by atoms with Crippen molar-refractivity contribution in [3.63, 3.8) is 0 Å². The quantitative estimate of drug-likeness (QED) is 0.666. The van der Waals surface area contributed by atoms with Gasteiger partial charge in [-0.15, -0.1) is 12.4 Å². The molecule has 0 aromatic heterocycles. The van der Waals surface area contributed by atoms with Crippen molar-refractivity contribution < 1.29 is 9.59 Å². The standard InChI is InChI=1S/C16H31N3O2.ClH/c1-5-12(3)18-16(21)13(4)19-15(20)9-11(2)14-7-6-8-17-10-14;/h11-14,17H,5-10H2,1-4H3,(H,18,21)(H,19,20);1H. The molecule has 22 heavy (non-hydrogen) atoms. The van der Waals surface area contributed by atoms with Gasteiger partial charge in [0.15, 0.2) is 0 Å². The summed E-state index contributed by atoms with van der Waals surface area (Å²) in [4.78, 5) is 24.0. The number of carbonyl (C=O) groups excluding carboxylic acids is 2. The summed E-state index contributed by atoms with van der Waals surface area (Å²) in [5, 5.41) is 9.08. The Bertz CT molecular complexity index is 346. The van der Waals surface area contributed by atoms with Crippen LogP contribution in [0, 0.1) is 11.8 Å². The predicted octanol–water partition coefficient (Wildman–Crippen LogP) is 1.85. The Morgan fingerprint density at radius 2 is 1.91 bits per heavy atom. The third kappa shape index (κ3) is 7.45. The molecule has 3 N–H and O–H groups in total. The third-order valence-electron chi connectivity index (χ3n) is 4.42. The van der Waals surface area contributed by atoms with Crippen LogP contribution in [0.15, 0.2) is 0 Å². The van der Waals surface area contributed by atoms with Crippen LogP contribution in [-0.4, -0.2) is 37.0 Å². The van der Waals surface area contributed by atoms with Gasteiger partial charge in [0.25, 0.3) is 0 Å². The van der Waals surface area contributed by atoms with Crippen LogP contribution in [0.4, 0.5) is 0 Å². The van der Waals surface area contributed by atoms with Crippen LogP contribution in [0.1, 0.15) is 53.4 Å². The van der Waals surface area contributed by atoms with Gasteiger partial charge in [0, 0.05) is 12.5 Å². The molecule has 0 radical (unpaired) electrons. The molecule has 1 heterocycles. The lowest BCUT2D eigenvalue weighted by Gasteiger charge is -2.28. The number of hydrogen-bond donors (Lipinski definition) is 3. The van der Waals surface area contributed by atoms with Crippen molar-refractivity contribution in [3.8, 4) is 0 Å². The first-order chi connectivity index (χ1) is 9.93. The van der Waals surface area contributed by atoms with E-state index in [1.54, 1.807) is 6.92 Å². The highest BCUT2D eigenvalue weighted by molar-refractivity contribution is 5.87. The molecule has 1 rings (SSSR count). The molecule has 1 fully saturated rings. The molecule has 1 aliphatic heterocycles. The summed E-state index contributed by atoms with van der Waals surface area (Å²) < 4.78 is 0. The molecule has 6 heteroatoms. The van der Waals surface area contributed by atoms with Crippen LogP contribution in [-0.2, 0) is 9.59 Å². The molecular weight excluding hydrogens is 302 g/mol. The number of halogens is 1. The molecule has 4 atom stereocenters. The largest absolute Gasteiger partial charge is 0.352 e. The van der Waals surface area contributed by atoms with Crippen molar-refractivity contribution in [3.05, 3.63) is 0 Å². The maximum atomic E-state index is 12.1. The van der Waals surface area contributed by atoms with E-state index in [1.807, 2.05) is 13.8 Å². The van der Waals surface area contributed by atoms with E-state index in [0.29, 0.717) is 18.3 Å². The van der Waals surface area contributed by atoms with Gasteiger partial charge in [0.2, 0.25) is 11.8 Å². The Balaban J connectivity index is 0.00000441. The second-order valence-corrected chi connectivity index (χ2v) is 6.39. The zero-order valence-electron chi connectivity index (χ0n) is 14.3. The van der Waals surface area contributed by atoms with Crippen LogP contribution in [0.5, 0.6) is 0 Å². The van der Waals surface area contributed by atoms with Gasteiger partial charge < -0.3 is 16.0 Å². The zero-order valence-corrected chi connectivity index (χ0v) is 15.1. The second-order valence-electron chi connectivity index (χ2n) is 6.39. The molecule has 5 nitrogen and oxygen atoms in total. The molecule has 0 aromatic carbocycles. The van der Waals surface area contributed by atoms with E-state index >= 15 is 0 Å². The topological polar surface area (TPSA) is 70.2 Å². The fourth-order valence-electron chi connectivity index (χ4n) is 2.66. The van der Waals surface area contributed by atoms with Crippen LogP contribution in [0.3, 0.4) is 0 Å². The summed E-state index contributed by atoms with van der Waals surface area (Å²) in [7, 11) is 0. The van der Waals surface area contributed by atoms with E-state index in [2.05, 4.69) is 22.9 Å². The summed E-state index contributed by atoms with van der Waals surface area (Å²) in [5.41, 5.74) is 0. The summed E-state index contributed by atoms with van der Waals surface area (Å²) in [6.45, 7) is 9.93. The zero-order chi connectivity index (χ0) is 15.8. The summed E-state index contributed by atoms with van der Waals surface area (Å²) in [6, 6.07) is -0.327. The van der Waals surface area contributed by atoms with Gasteiger partial charge >= 0.3 is 0 Å². The van der Waals surface area contributed by atoms with Gasteiger partial charge in [-0.1, -0.05) is 13.8 Å². The van der Waals surface area contributed by atoms with Gasteiger partial charge in [-0.2, -0.15) is 0 Å². The van der Waals surface area contributed by atoms with Crippen molar-refractivity contribution in [2.45, 2.75) is 65.5 Å². The third-order valence-corrected chi connectivity index (χ3v) is 4.42. The van der Waals surface area contributed by atoms with Gasteiger partial charge in [-0.05, 0) is 58.0 Å². The van der Waals surface area contributed by atoms with Crippen molar-refractivity contribution in [2.24, 2.45) is 11.8 Å². The number of amides is 2. The molecule has 4 unspecified atom stereocenters. The van der Waals surface area contributed by atoms with E-state index in [-0.39, 0.29) is 30.3 Å². The van der Waals surface area contributed by atoms with Crippen LogP contribution >= 0.6 is 12.4 Å². The number of rotatable bonds is 7. The van der Waals surface area contributed by atoms with E-state index < -0.39 is 6.04 Å². The normalized spacial score (nSPS) is 21.9. The fourth-order valence-corrected chi connectivity index (χ4v) is 2.66. The second kappa shape index (κ2) is 10.8. The van der Waals surface area contributed by atoms with E-state index in [0.717, 1.165) is 19.5 Å². The highest BCUT2D eigenvalue weighted by Crippen LogP contribution is 2.22. The molecule has 130 valence electrons. The predicted molar refractivity (Wildman–Crippen MR) is 92.1 cm³/mol. The SMILES string of the molecule is CCC(C)NC(=O)C(C)NC(=O)CC(C)C1CCCNC1.Cl. The van der Waals surface area contributed by atoms with E-state index in [9.17, 15) is 9.59 Å². The van der Waals surface area contributed by atoms with Crippen molar-refractivity contribution in [1.29, 1.82) is 0 Å². The lowest BCUT2D eigenvalue weighted by molar-refractivity contribution is -0.129. The number of nitrogens with one attached hydrogen (secondary N) is 3. The molecular formula is C16H32ClN3O2. The molecule has 0 saturated carbocycles. The summed E-state index contributed by atoms with van der Waals surface area (Å²) >= 11 is 0. The Morgan fingerprint density at radius 1 is 1.23 bits per heavy atom. The minimum Gasteiger partial charge on any atom is -0.352 e. The Labute approximate surface area is 140 Å². The van der Waals surface area contributed by atoms with Crippen LogP contribution in [0.25, 0.3) is 0 Å². The number of hydrogen-bond acceptors (Lipinski definition) is 3. The number of piperidine rings is 1. The smallest absolute Gasteiger partial charge is 0.242 e. The van der Waals surface area contributed by atoms with Crippen molar-refractivity contribution in [2.75, 3.05) is 13.1 Å². The van der Waals surface area contributed by atoms with Crippen molar-refractivity contribution in [1.82, 2.24) is 16.0 Å². The lowest BCUT2D eigenvalue weighted by atomic mass is 9.85. The number of carbonyl (C=O) groups is 2. The highest BCUT2D eigenvalue weighted by Gasteiger charge is 2.23. The Morgan fingerprint density at radius 3 is 2.45 bits per heavy atom. The minimum atomic E-state index is -0.469. The lowest BCUT2D eigenvalue weighted by Crippen LogP contribution is -2.47. The summed E-state index contributed by atoms with van der Waals surface area (Å²) in [6.07, 6.45) is 3.75. The van der Waals surface area contributed by atoms with Gasteiger partial charge in [-0.3, -0.25) is 9.59 Å². The van der Waals surface area contributed by atoms with E-state index in [4.69, 9.17) is 0 Å². The first kappa shape index (κ1) is 21.2. The molecule has 0 spiro atoms. The maximum Gasteiger partial charge on any atom is 0.242 e. The maximum absolute atomic E-state index is 12.1. The molecule has 1 aliphatic rings. The first-order valence-corrected chi connectivity index (χ1v) is 8.24. The molecule has 2 amide bonds. The molecule has 0 aliphatic carbocycles. The monoisotopic (exact) mass is 333 g/mol. The highest BCUT2D eigenvalue weighted by atomic mass is 35.5. The van der Waals surface area contributed by atoms with Crippen molar-refractivity contribution >= 4 is 24.2 Å². The van der Waals surface area contributed by atoms with Crippen LogP contribution < -0.4 is 16.0 Å². The molecule has 0 aromatic rings. The molecule has 0 bridgehead atoms. The first-order valence-electron chi connectivity index (χ1n) is 8.24. The Kier molecular flexibility index (Phi) is 10.4. The molecule has 1 saturated heterocycles. The average molecular weight is 334 g/mol. The van der Waals surface area contributed by atoms with Gasteiger partial charge in [0.05, 0.1) is 0 Å². The van der Waals surface area contributed by atoms with Crippen LogP contribution in [0.2, 0.25) is 0 Å². The summed E-state index contributed by atoms with van der Waals surface area (Å²) in [5.74, 6) is 0.779. The van der Waals surface area contributed by atoms with Gasteiger partial charge in [0.1, 0.15) is 6.04 Å². The average Bonchev–Trinajstić information content (AvgIpc) is 2.47. The minimum absolute atomic E-state index is 0. The Hall–Kier alpha value is -0.810. The fraction of sp³-hybridized carbons (Fsp3) is 0.875.